The van der Waals surface area contributed by atoms with Crippen molar-refractivity contribution in [3.8, 4) is 0 Å². The van der Waals surface area contributed by atoms with E-state index in [2.05, 4.69) is 5.32 Å². The normalized spacial score (nSPS) is 15.9. The summed E-state index contributed by atoms with van der Waals surface area (Å²) >= 11 is 11.9. The molecular weight excluding hydrogens is 335 g/mol. The first-order valence-corrected chi connectivity index (χ1v) is 8.59. The fourth-order valence-corrected chi connectivity index (χ4v) is 3.01. The predicted octanol–water partition coefficient (Wildman–Crippen LogP) is 3.93. The third kappa shape index (κ3) is 4.55. The lowest BCUT2D eigenvalue weighted by molar-refractivity contribution is -0.119. The second kappa shape index (κ2) is 7.93. The molecule has 1 aromatic rings. The number of benzene rings is 1. The summed E-state index contributed by atoms with van der Waals surface area (Å²) in [7, 11) is 0. The van der Waals surface area contributed by atoms with Crippen LogP contribution in [0, 0.1) is 0 Å². The Bertz CT molecular complexity index is 617. The lowest BCUT2D eigenvalue weighted by Gasteiger charge is -2.21. The molecule has 4 nitrogen and oxygen atoms in total. The van der Waals surface area contributed by atoms with Crippen molar-refractivity contribution in [1.82, 2.24) is 10.2 Å². The van der Waals surface area contributed by atoms with E-state index in [9.17, 15) is 9.90 Å². The van der Waals surface area contributed by atoms with Gasteiger partial charge in [-0.05, 0) is 44.4 Å². The summed E-state index contributed by atoms with van der Waals surface area (Å²) in [6, 6.07) is 5.56. The zero-order valence-corrected chi connectivity index (χ0v) is 14.9. The van der Waals surface area contributed by atoms with Crippen molar-refractivity contribution in [3.05, 3.63) is 45.3 Å². The van der Waals surface area contributed by atoms with Crippen LogP contribution in [-0.4, -0.2) is 35.0 Å². The standard InChI is InChI=1S/C17H22Cl2N2O2/c1-3-21-9-8-15(22)16(21)17(23)20-11(2)4-5-12-6-7-13(18)14(19)10-12/h6-7,10-11,22H,3-5,8-9H2,1-2H3,(H,20,23). The van der Waals surface area contributed by atoms with E-state index in [0.29, 0.717) is 35.3 Å². The highest BCUT2D eigenvalue weighted by Crippen LogP contribution is 2.24. The number of aryl methyl sites for hydroxylation is 1. The third-order valence-electron chi connectivity index (χ3n) is 4.03. The number of aliphatic hydroxyl groups excluding tert-OH is 1. The van der Waals surface area contributed by atoms with Crippen molar-refractivity contribution in [2.24, 2.45) is 0 Å². The summed E-state index contributed by atoms with van der Waals surface area (Å²) in [4.78, 5) is 14.2. The number of carbonyl (C=O) groups is 1. The maximum absolute atomic E-state index is 12.3. The molecule has 23 heavy (non-hydrogen) atoms. The van der Waals surface area contributed by atoms with Crippen molar-refractivity contribution >= 4 is 29.1 Å². The van der Waals surface area contributed by atoms with Gasteiger partial charge in [0.2, 0.25) is 0 Å². The van der Waals surface area contributed by atoms with Crippen LogP contribution in [0.25, 0.3) is 0 Å². The van der Waals surface area contributed by atoms with Crippen LogP contribution < -0.4 is 5.32 Å². The average Bonchev–Trinajstić information content (AvgIpc) is 2.89. The molecule has 0 radical (unpaired) electrons. The molecule has 0 aromatic heterocycles. The van der Waals surface area contributed by atoms with Gasteiger partial charge in [-0.2, -0.15) is 0 Å². The molecule has 1 atom stereocenters. The molecule has 0 spiro atoms. The molecule has 2 rings (SSSR count). The van der Waals surface area contributed by atoms with Gasteiger partial charge in [-0.3, -0.25) is 4.79 Å². The Balaban J connectivity index is 1.89. The van der Waals surface area contributed by atoms with Gasteiger partial charge < -0.3 is 15.3 Å². The lowest BCUT2D eigenvalue weighted by atomic mass is 10.1. The number of carbonyl (C=O) groups excluding carboxylic acids is 1. The summed E-state index contributed by atoms with van der Waals surface area (Å²) in [5, 5.41) is 13.9. The van der Waals surface area contributed by atoms with Gasteiger partial charge in [0.1, 0.15) is 11.5 Å². The maximum atomic E-state index is 12.3. The van der Waals surface area contributed by atoms with Crippen LogP contribution in [0.3, 0.4) is 0 Å². The second-order valence-corrected chi connectivity index (χ2v) is 6.60. The minimum Gasteiger partial charge on any atom is -0.510 e. The summed E-state index contributed by atoms with van der Waals surface area (Å²) in [6.07, 6.45) is 2.11. The Labute approximate surface area is 147 Å². The Morgan fingerprint density at radius 3 is 2.78 bits per heavy atom. The van der Waals surface area contributed by atoms with E-state index in [1.54, 1.807) is 6.07 Å². The van der Waals surface area contributed by atoms with Crippen molar-refractivity contribution in [3.63, 3.8) is 0 Å². The second-order valence-electron chi connectivity index (χ2n) is 5.79. The van der Waals surface area contributed by atoms with E-state index in [1.165, 1.54) is 0 Å². The third-order valence-corrected chi connectivity index (χ3v) is 4.77. The Hall–Kier alpha value is -1.39. The highest BCUT2D eigenvalue weighted by Gasteiger charge is 2.27. The van der Waals surface area contributed by atoms with Crippen molar-refractivity contribution in [2.75, 3.05) is 13.1 Å². The van der Waals surface area contributed by atoms with Gasteiger partial charge >= 0.3 is 0 Å². The predicted molar refractivity (Wildman–Crippen MR) is 93.9 cm³/mol. The fourth-order valence-electron chi connectivity index (χ4n) is 2.69. The topological polar surface area (TPSA) is 52.6 Å². The molecule has 1 unspecified atom stereocenters. The van der Waals surface area contributed by atoms with Crippen molar-refractivity contribution < 1.29 is 9.90 Å². The first-order valence-electron chi connectivity index (χ1n) is 7.84. The molecule has 1 aliphatic heterocycles. The Morgan fingerprint density at radius 1 is 1.39 bits per heavy atom. The molecule has 1 aromatic carbocycles. The molecule has 0 fully saturated rings. The van der Waals surface area contributed by atoms with E-state index < -0.39 is 0 Å². The van der Waals surface area contributed by atoms with E-state index in [4.69, 9.17) is 23.2 Å². The molecule has 0 aliphatic carbocycles. The summed E-state index contributed by atoms with van der Waals surface area (Å²) in [5.74, 6) is -0.0236. The number of nitrogens with zero attached hydrogens (tertiary/aromatic N) is 1. The van der Waals surface area contributed by atoms with Gasteiger partial charge in [0, 0.05) is 25.6 Å². The molecule has 1 amide bonds. The molecule has 2 N–H and O–H groups in total. The lowest BCUT2D eigenvalue weighted by Crippen LogP contribution is -2.38. The van der Waals surface area contributed by atoms with Gasteiger partial charge in [-0.15, -0.1) is 0 Å². The SMILES string of the molecule is CCN1CCC(O)=C1C(=O)NC(C)CCc1ccc(Cl)c(Cl)c1. The van der Waals surface area contributed by atoms with Gasteiger partial charge in [0.25, 0.3) is 5.91 Å². The van der Waals surface area contributed by atoms with E-state index >= 15 is 0 Å². The molecule has 6 heteroatoms. The molecule has 0 saturated heterocycles. The molecule has 1 aliphatic rings. The Morgan fingerprint density at radius 2 is 2.13 bits per heavy atom. The van der Waals surface area contributed by atoms with Crippen LogP contribution in [0.15, 0.2) is 29.7 Å². The number of hydrogen-bond acceptors (Lipinski definition) is 3. The van der Waals surface area contributed by atoms with E-state index in [1.807, 2.05) is 30.9 Å². The number of likely N-dealkylation sites (N-methyl/N-ethyl adjacent to an activating group) is 1. The quantitative estimate of drug-likeness (QED) is 0.811. The Kier molecular flexibility index (Phi) is 6.19. The van der Waals surface area contributed by atoms with E-state index in [-0.39, 0.29) is 17.7 Å². The number of halogens is 2. The highest BCUT2D eigenvalue weighted by molar-refractivity contribution is 6.42. The number of rotatable bonds is 6. The molecule has 1 heterocycles. The highest BCUT2D eigenvalue weighted by atomic mass is 35.5. The average molecular weight is 357 g/mol. The molecule has 0 bridgehead atoms. The zero-order chi connectivity index (χ0) is 17.0. The first-order chi connectivity index (χ1) is 10.9. The van der Waals surface area contributed by atoms with Crippen LogP contribution in [0.4, 0.5) is 0 Å². The van der Waals surface area contributed by atoms with Crippen molar-refractivity contribution in [1.29, 1.82) is 0 Å². The maximum Gasteiger partial charge on any atom is 0.271 e. The number of hydrogen-bond donors (Lipinski definition) is 2. The fraction of sp³-hybridized carbons (Fsp3) is 0.471. The largest absolute Gasteiger partial charge is 0.510 e. The van der Waals surface area contributed by atoms with Crippen LogP contribution in [-0.2, 0) is 11.2 Å². The minimum absolute atomic E-state index is 0.00319. The number of nitrogens with one attached hydrogen (secondary N) is 1. The van der Waals surface area contributed by atoms with Crippen LogP contribution in [0.1, 0.15) is 32.3 Å². The van der Waals surface area contributed by atoms with Crippen molar-refractivity contribution in [2.45, 2.75) is 39.2 Å². The zero-order valence-electron chi connectivity index (χ0n) is 13.4. The van der Waals surface area contributed by atoms with Crippen LogP contribution in [0.5, 0.6) is 0 Å². The number of aliphatic hydroxyl groups is 1. The monoisotopic (exact) mass is 356 g/mol. The molecule has 126 valence electrons. The summed E-state index contributed by atoms with van der Waals surface area (Å²) in [5.41, 5.74) is 1.49. The minimum atomic E-state index is -0.205. The van der Waals surface area contributed by atoms with Crippen LogP contribution in [0.2, 0.25) is 10.0 Å². The van der Waals surface area contributed by atoms with Crippen LogP contribution >= 0.6 is 23.2 Å². The van der Waals surface area contributed by atoms with Gasteiger partial charge in [0.05, 0.1) is 10.0 Å². The van der Waals surface area contributed by atoms with Gasteiger partial charge in [-0.1, -0.05) is 29.3 Å². The first kappa shape index (κ1) is 18.0. The summed E-state index contributed by atoms with van der Waals surface area (Å²) < 4.78 is 0. The molecular formula is C17H22Cl2N2O2. The van der Waals surface area contributed by atoms with E-state index in [0.717, 1.165) is 18.4 Å². The summed E-state index contributed by atoms with van der Waals surface area (Å²) in [6.45, 7) is 5.34. The number of amides is 1. The van der Waals surface area contributed by atoms with Gasteiger partial charge in [0.15, 0.2) is 0 Å². The smallest absolute Gasteiger partial charge is 0.271 e. The molecule has 0 saturated carbocycles. The van der Waals surface area contributed by atoms with Gasteiger partial charge in [-0.25, -0.2) is 0 Å².